The summed E-state index contributed by atoms with van der Waals surface area (Å²) in [4.78, 5) is 28.1. The van der Waals surface area contributed by atoms with E-state index in [-0.39, 0.29) is 19.0 Å². The maximum absolute atomic E-state index is 12.1. The minimum Gasteiger partial charge on any atom is -0.481 e. The Hall–Kier alpha value is -1.30. The van der Waals surface area contributed by atoms with Gasteiger partial charge in [-0.25, -0.2) is 4.79 Å². The second kappa shape index (κ2) is 7.33. The SMILES string of the molecule is CN(C)CC1CCN(C(=O)N(C)CCC(=O)O)CC1. The van der Waals surface area contributed by atoms with Crippen LogP contribution in [0.5, 0.6) is 0 Å². The predicted molar refractivity (Wildman–Crippen MR) is 73.1 cm³/mol. The van der Waals surface area contributed by atoms with Gasteiger partial charge in [-0.05, 0) is 32.9 Å². The second-order valence-electron chi connectivity index (χ2n) is 5.54. The molecule has 0 unspecified atom stereocenters. The van der Waals surface area contributed by atoms with Gasteiger partial charge in [0, 0.05) is 33.2 Å². The van der Waals surface area contributed by atoms with Gasteiger partial charge in [-0.2, -0.15) is 0 Å². The summed E-state index contributed by atoms with van der Waals surface area (Å²) in [5, 5.41) is 8.62. The highest BCUT2D eigenvalue weighted by Crippen LogP contribution is 2.18. The molecular weight excluding hydrogens is 246 g/mol. The first-order chi connectivity index (χ1) is 8.90. The van der Waals surface area contributed by atoms with Crippen molar-refractivity contribution in [3.8, 4) is 0 Å². The molecule has 1 heterocycles. The Bertz CT molecular complexity index is 312. The van der Waals surface area contributed by atoms with Gasteiger partial charge >= 0.3 is 12.0 Å². The van der Waals surface area contributed by atoms with Crippen LogP contribution >= 0.6 is 0 Å². The van der Waals surface area contributed by atoms with Crippen LogP contribution in [-0.4, -0.2) is 79.1 Å². The lowest BCUT2D eigenvalue weighted by Gasteiger charge is -2.35. The number of amides is 2. The van der Waals surface area contributed by atoms with Crippen molar-refractivity contribution in [2.24, 2.45) is 5.92 Å². The summed E-state index contributed by atoms with van der Waals surface area (Å²) in [6, 6.07) is -0.0513. The number of hydrogen-bond acceptors (Lipinski definition) is 3. The first kappa shape index (κ1) is 15.8. The van der Waals surface area contributed by atoms with E-state index in [9.17, 15) is 9.59 Å². The van der Waals surface area contributed by atoms with Gasteiger partial charge in [0.05, 0.1) is 6.42 Å². The average Bonchev–Trinajstić information content (AvgIpc) is 2.35. The van der Waals surface area contributed by atoms with E-state index in [2.05, 4.69) is 19.0 Å². The number of carbonyl (C=O) groups is 2. The third kappa shape index (κ3) is 5.46. The van der Waals surface area contributed by atoms with Crippen molar-refractivity contribution >= 4 is 12.0 Å². The fourth-order valence-corrected chi connectivity index (χ4v) is 2.42. The van der Waals surface area contributed by atoms with E-state index in [1.807, 2.05) is 4.90 Å². The predicted octanol–water partition coefficient (Wildman–Crippen LogP) is 0.787. The molecule has 0 aromatic heterocycles. The summed E-state index contributed by atoms with van der Waals surface area (Å²) >= 11 is 0. The Morgan fingerprint density at radius 1 is 1.21 bits per heavy atom. The summed E-state index contributed by atoms with van der Waals surface area (Å²) in [5.41, 5.74) is 0. The van der Waals surface area contributed by atoms with Crippen LogP contribution in [-0.2, 0) is 4.79 Å². The van der Waals surface area contributed by atoms with Crippen LogP contribution in [0.25, 0.3) is 0 Å². The number of urea groups is 1. The van der Waals surface area contributed by atoms with Crippen LogP contribution < -0.4 is 0 Å². The third-order valence-corrected chi connectivity index (χ3v) is 3.50. The van der Waals surface area contributed by atoms with Crippen LogP contribution in [0.3, 0.4) is 0 Å². The number of hydrogen-bond donors (Lipinski definition) is 1. The van der Waals surface area contributed by atoms with Crippen molar-refractivity contribution in [1.29, 1.82) is 0 Å². The lowest BCUT2D eigenvalue weighted by Crippen LogP contribution is -2.46. The van der Waals surface area contributed by atoms with Gasteiger partial charge in [0.15, 0.2) is 0 Å². The van der Waals surface area contributed by atoms with Crippen molar-refractivity contribution in [3.05, 3.63) is 0 Å². The molecule has 0 aromatic carbocycles. The number of nitrogens with zero attached hydrogens (tertiary/aromatic N) is 3. The van der Waals surface area contributed by atoms with Crippen molar-refractivity contribution in [1.82, 2.24) is 14.7 Å². The Labute approximate surface area is 115 Å². The van der Waals surface area contributed by atoms with Crippen LogP contribution in [0.2, 0.25) is 0 Å². The van der Waals surface area contributed by atoms with Crippen molar-refractivity contribution in [3.63, 3.8) is 0 Å². The molecule has 0 bridgehead atoms. The average molecular weight is 271 g/mol. The molecule has 1 aliphatic heterocycles. The number of aliphatic carboxylic acids is 1. The standard InChI is InChI=1S/C13H25N3O3/c1-14(2)10-11-4-8-16(9-5-11)13(19)15(3)7-6-12(17)18/h11H,4-10H2,1-3H3,(H,17,18). The normalized spacial score (nSPS) is 16.7. The van der Waals surface area contributed by atoms with Crippen molar-refractivity contribution in [2.45, 2.75) is 19.3 Å². The molecule has 1 N–H and O–H groups in total. The largest absolute Gasteiger partial charge is 0.481 e. The van der Waals surface area contributed by atoms with Gasteiger partial charge in [-0.3, -0.25) is 4.79 Å². The van der Waals surface area contributed by atoms with Gasteiger partial charge in [-0.15, -0.1) is 0 Å². The van der Waals surface area contributed by atoms with Gasteiger partial charge in [0.2, 0.25) is 0 Å². The van der Waals surface area contributed by atoms with Crippen LogP contribution in [0, 0.1) is 5.92 Å². The van der Waals surface area contributed by atoms with Crippen LogP contribution in [0.1, 0.15) is 19.3 Å². The lowest BCUT2D eigenvalue weighted by atomic mass is 9.96. The molecule has 0 saturated carbocycles. The smallest absolute Gasteiger partial charge is 0.319 e. The fraction of sp³-hybridized carbons (Fsp3) is 0.846. The molecule has 0 atom stereocenters. The molecule has 0 spiro atoms. The van der Waals surface area contributed by atoms with E-state index < -0.39 is 5.97 Å². The molecule has 1 aliphatic rings. The molecule has 2 amide bonds. The Morgan fingerprint density at radius 3 is 2.26 bits per heavy atom. The molecule has 19 heavy (non-hydrogen) atoms. The Morgan fingerprint density at radius 2 is 1.79 bits per heavy atom. The molecule has 0 aliphatic carbocycles. The summed E-state index contributed by atoms with van der Waals surface area (Å²) in [6.45, 7) is 2.88. The maximum atomic E-state index is 12.1. The molecule has 0 aromatic rings. The highest BCUT2D eigenvalue weighted by Gasteiger charge is 2.25. The molecule has 0 radical (unpaired) electrons. The van der Waals surface area contributed by atoms with Crippen molar-refractivity contribution < 1.29 is 14.7 Å². The lowest BCUT2D eigenvalue weighted by molar-refractivity contribution is -0.137. The Kier molecular flexibility index (Phi) is 6.08. The van der Waals surface area contributed by atoms with E-state index in [1.54, 1.807) is 7.05 Å². The summed E-state index contributed by atoms with van der Waals surface area (Å²) in [6.07, 6.45) is 2.05. The zero-order valence-electron chi connectivity index (χ0n) is 12.1. The highest BCUT2D eigenvalue weighted by atomic mass is 16.4. The minimum atomic E-state index is -0.871. The number of rotatable bonds is 5. The molecule has 6 heteroatoms. The van der Waals surface area contributed by atoms with Gasteiger partial charge in [0.1, 0.15) is 0 Å². The Balaban J connectivity index is 2.33. The summed E-state index contributed by atoms with van der Waals surface area (Å²) in [5.74, 6) is -0.215. The first-order valence-electron chi connectivity index (χ1n) is 6.76. The first-order valence-corrected chi connectivity index (χ1v) is 6.76. The zero-order chi connectivity index (χ0) is 14.4. The second-order valence-corrected chi connectivity index (χ2v) is 5.54. The van der Waals surface area contributed by atoms with Crippen molar-refractivity contribution in [2.75, 3.05) is 47.3 Å². The minimum absolute atomic E-state index is 0.000660. The molecule has 6 nitrogen and oxygen atoms in total. The van der Waals surface area contributed by atoms with Crippen LogP contribution in [0.4, 0.5) is 4.79 Å². The van der Waals surface area contributed by atoms with E-state index in [0.717, 1.165) is 32.5 Å². The van der Waals surface area contributed by atoms with Gasteiger partial charge < -0.3 is 19.8 Å². The fourth-order valence-electron chi connectivity index (χ4n) is 2.42. The molecule has 110 valence electrons. The number of carboxylic acid groups (broad SMARTS) is 1. The topological polar surface area (TPSA) is 64.1 Å². The van der Waals surface area contributed by atoms with Crippen LogP contribution in [0.15, 0.2) is 0 Å². The molecule has 1 saturated heterocycles. The maximum Gasteiger partial charge on any atom is 0.319 e. The molecule has 1 fully saturated rings. The monoisotopic (exact) mass is 271 g/mol. The molecule has 1 rings (SSSR count). The number of carbonyl (C=O) groups excluding carboxylic acids is 1. The van der Waals surface area contributed by atoms with Gasteiger partial charge in [0.25, 0.3) is 0 Å². The van der Waals surface area contributed by atoms with E-state index >= 15 is 0 Å². The van der Waals surface area contributed by atoms with E-state index in [4.69, 9.17) is 5.11 Å². The van der Waals surface area contributed by atoms with E-state index in [0.29, 0.717) is 5.92 Å². The highest BCUT2D eigenvalue weighted by molar-refractivity contribution is 5.75. The quantitative estimate of drug-likeness (QED) is 0.803. The summed E-state index contributed by atoms with van der Waals surface area (Å²) < 4.78 is 0. The van der Waals surface area contributed by atoms with E-state index in [1.165, 1.54) is 4.90 Å². The number of piperidine rings is 1. The summed E-state index contributed by atoms with van der Waals surface area (Å²) in [7, 11) is 5.80. The number of carboxylic acids is 1. The van der Waals surface area contributed by atoms with Gasteiger partial charge in [-0.1, -0.05) is 0 Å². The molecular formula is C13H25N3O3. The zero-order valence-corrected chi connectivity index (χ0v) is 12.1. The third-order valence-electron chi connectivity index (χ3n) is 3.50. The number of likely N-dealkylation sites (tertiary alicyclic amines) is 1.